The van der Waals surface area contributed by atoms with E-state index in [0.717, 1.165) is 25.2 Å². The molecule has 1 saturated heterocycles. The number of amides is 1. The van der Waals surface area contributed by atoms with Crippen LogP contribution in [-0.4, -0.2) is 25.0 Å². The zero-order valence-corrected chi connectivity index (χ0v) is 10.6. The van der Waals surface area contributed by atoms with Crippen molar-refractivity contribution in [3.05, 3.63) is 35.4 Å². The Bertz CT molecular complexity index is 400. The molecule has 1 unspecified atom stereocenters. The van der Waals surface area contributed by atoms with Gasteiger partial charge in [0.1, 0.15) is 0 Å². The van der Waals surface area contributed by atoms with Gasteiger partial charge in [-0.05, 0) is 37.1 Å². The monoisotopic (exact) mass is 247 g/mol. The molecule has 18 heavy (non-hydrogen) atoms. The molecule has 0 radical (unpaired) electrons. The number of piperidine rings is 1. The summed E-state index contributed by atoms with van der Waals surface area (Å²) in [5, 5.41) is 6.92. The first-order valence-corrected chi connectivity index (χ1v) is 6.58. The van der Waals surface area contributed by atoms with E-state index < -0.39 is 0 Å². The Balaban J connectivity index is 1.78. The molecule has 0 spiro atoms. The van der Waals surface area contributed by atoms with Crippen LogP contribution in [-0.2, 0) is 6.54 Å². The maximum absolute atomic E-state index is 11.1. The molecule has 4 heteroatoms. The lowest BCUT2D eigenvalue weighted by atomic mass is 10.0. The van der Waals surface area contributed by atoms with Crippen molar-refractivity contribution in [2.45, 2.75) is 31.8 Å². The van der Waals surface area contributed by atoms with E-state index in [0.29, 0.717) is 11.6 Å². The van der Waals surface area contributed by atoms with Gasteiger partial charge in [0.25, 0.3) is 0 Å². The van der Waals surface area contributed by atoms with Crippen LogP contribution in [0.1, 0.15) is 35.2 Å². The van der Waals surface area contributed by atoms with Crippen LogP contribution in [0.3, 0.4) is 0 Å². The molecule has 1 atom stereocenters. The minimum absolute atomic E-state index is 0.370. The van der Waals surface area contributed by atoms with Crippen molar-refractivity contribution in [3.63, 3.8) is 0 Å². The van der Waals surface area contributed by atoms with Gasteiger partial charge in [0.05, 0.1) is 0 Å². The smallest absolute Gasteiger partial charge is 0.248 e. The van der Waals surface area contributed by atoms with Crippen LogP contribution < -0.4 is 16.4 Å². The van der Waals surface area contributed by atoms with Gasteiger partial charge in [-0.15, -0.1) is 0 Å². The number of hydrogen-bond acceptors (Lipinski definition) is 3. The summed E-state index contributed by atoms with van der Waals surface area (Å²) in [4.78, 5) is 11.1. The number of benzene rings is 1. The molecule has 0 bridgehead atoms. The molecular weight excluding hydrogens is 226 g/mol. The van der Waals surface area contributed by atoms with Crippen LogP contribution >= 0.6 is 0 Å². The quantitative estimate of drug-likeness (QED) is 0.727. The molecule has 4 nitrogen and oxygen atoms in total. The highest BCUT2D eigenvalue weighted by molar-refractivity contribution is 5.92. The summed E-state index contributed by atoms with van der Waals surface area (Å²) in [5.41, 5.74) is 6.93. The van der Waals surface area contributed by atoms with Crippen molar-refractivity contribution in [2.75, 3.05) is 13.1 Å². The molecule has 98 valence electrons. The number of nitrogens with two attached hydrogens (primary N) is 1. The number of rotatable bonds is 5. The Hall–Kier alpha value is -1.39. The van der Waals surface area contributed by atoms with Crippen LogP contribution in [0.5, 0.6) is 0 Å². The molecule has 1 fully saturated rings. The second kappa shape index (κ2) is 6.52. The summed E-state index contributed by atoms with van der Waals surface area (Å²) < 4.78 is 0. The van der Waals surface area contributed by atoms with Crippen molar-refractivity contribution < 1.29 is 4.79 Å². The van der Waals surface area contributed by atoms with Crippen LogP contribution in [0.2, 0.25) is 0 Å². The summed E-state index contributed by atoms with van der Waals surface area (Å²) in [6, 6.07) is 8.06. The van der Waals surface area contributed by atoms with Gasteiger partial charge in [-0.2, -0.15) is 0 Å². The van der Waals surface area contributed by atoms with E-state index in [4.69, 9.17) is 5.73 Å². The van der Waals surface area contributed by atoms with Crippen molar-refractivity contribution in [1.82, 2.24) is 10.6 Å². The molecular formula is C14H21N3O. The van der Waals surface area contributed by atoms with E-state index in [9.17, 15) is 4.79 Å². The Labute approximate surface area is 108 Å². The molecule has 0 saturated carbocycles. The third-order valence-electron chi connectivity index (χ3n) is 3.34. The first-order chi connectivity index (χ1) is 8.75. The van der Waals surface area contributed by atoms with Crippen molar-refractivity contribution in [3.8, 4) is 0 Å². The second-order valence-electron chi connectivity index (χ2n) is 4.84. The minimum atomic E-state index is -0.370. The number of nitrogens with one attached hydrogen (secondary N) is 2. The summed E-state index contributed by atoms with van der Waals surface area (Å²) in [7, 11) is 0. The Morgan fingerprint density at radius 3 is 3.06 bits per heavy atom. The third kappa shape index (κ3) is 3.82. The normalized spacial score (nSPS) is 19.7. The molecule has 0 aromatic heterocycles. The predicted molar refractivity (Wildman–Crippen MR) is 72.3 cm³/mol. The summed E-state index contributed by atoms with van der Waals surface area (Å²) >= 11 is 0. The fourth-order valence-electron chi connectivity index (χ4n) is 2.32. The lowest BCUT2D eigenvalue weighted by molar-refractivity contribution is 0.1000. The summed E-state index contributed by atoms with van der Waals surface area (Å²) in [6.45, 7) is 2.88. The Morgan fingerprint density at radius 1 is 1.44 bits per heavy atom. The lowest BCUT2D eigenvalue weighted by Gasteiger charge is -2.23. The van der Waals surface area contributed by atoms with E-state index in [2.05, 4.69) is 10.6 Å². The SMILES string of the molecule is NC(=O)c1cccc(CNCC2CCCCN2)c1. The maximum atomic E-state index is 11.1. The molecule has 1 aromatic rings. The van der Waals surface area contributed by atoms with Gasteiger partial charge in [-0.1, -0.05) is 18.6 Å². The predicted octanol–water partition coefficient (Wildman–Crippen LogP) is 1.02. The lowest BCUT2D eigenvalue weighted by Crippen LogP contribution is -2.41. The number of carbonyl (C=O) groups is 1. The summed E-state index contributed by atoms with van der Waals surface area (Å²) in [5.74, 6) is -0.370. The van der Waals surface area contributed by atoms with Gasteiger partial charge in [0.15, 0.2) is 0 Å². The van der Waals surface area contributed by atoms with E-state index in [1.807, 2.05) is 18.2 Å². The highest BCUT2D eigenvalue weighted by Gasteiger charge is 2.11. The molecule has 1 aliphatic heterocycles. The standard InChI is InChI=1S/C14H21N3O/c15-14(18)12-5-3-4-11(8-12)9-16-10-13-6-1-2-7-17-13/h3-5,8,13,16-17H,1-2,6-7,9-10H2,(H2,15,18). The maximum Gasteiger partial charge on any atom is 0.248 e. The Morgan fingerprint density at radius 2 is 2.33 bits per heavy atom. The highest BCUT2D eigenvalue weighted by Crippen LogP contribution is 2.07. The van der Waals surface area contributed by atoms with Gasteiger partial charge in [-0.3, -0.25) is 4.79 Å². The molecule has 0 aliphatic carbocycles. The van der Waals surface area contributed by atoms with Gasteiger partial charge >= 0.3 is 0 Å². The fraction of sp³-hybridized carbons (Fsp3) is 0.500. The fourth-order valence-corrected chi connectivity index (χ4v) is 2.32. The van der Waals surface area contributed by atoms with Crippen molar-refractivity contribution >= 4 is 5.91 Å². The largest absolute Gasteiger partial charge is 0.366 e. The molecule has 1 heterocycles. The first-order valence-electron chi connectivity index (χ1n) is 6.58. The van der Waals surface area contributed by atoms with E-state index >= 15 is 0 Å². The number of hydrogen-bond donors (Lipinski definition) is 3. The minimum Gasteiger partial charge on any atom is -0.366 e. The number of carbonyl (C=O) groups excluding carboxylic acids is 1. The summed E-state index contributed by atoms with van der Waals surface area (Å²) in [6.07, 6.45) is 3.85. The van der Waals surface area contributed by atoms with Crippen molar-refractivity contribution in [1.29, 1.82) is 0 Å². The third-order valence-corrected chi connectivity index (χ3v) is 3.34. The zero-order chi connectivity index (χ0) is 12.8. The highest BCUT2D eigenvalue weighted by atomic mass is 16.1. The number of primary amides is 1. The second-order valence-corrected chi connectivity index (χ2v) is 4.84. The van der Waals surface area contributed by atoms with Gasteiger partial charge in [0.2, 0.25) is 5.91 Å². The van der Waals surface area contributed by atoms with Crippen LogP contribution in [0, 0.1) is 0 Å². The van der Waals surface area contributed by atoms with Crippen LogP contribution in [0.15, 0.2) is 24.3 Å². The van der Waals surface area contributed by atoms with Crippen molar-refractivity contribution in [2.24, 2.45) is 5.73 Å². The molecule has 1 aromatic carbocycles. The van der Waals surface area contributed by atoms with Gasteiger partial charge < -0.3 is 16.4 Å². The van der Waals surface area contributed by atoms with Crippen LogP contribution in [0.4, 0.5) is 0 Å². The van der Waals surface area contributed by atoms with Gasteiger partial charge in [0, 0.05) is 24.7 Å². The Kier molecular flexibility index (Phi) is 4.73. The molecule has 4 N–H and O–H groups in total. The average molecular weight is 247 g/mol. The van der Waals surface area contributed by atoms with E-state index in [-0.39, 0.29) is 5.91 Å². The molecule has 2 rings (SSSR count). The topological polar surface area (TPSA) is 67.2 Å². The average Bonchev–Trinajstić information content (AvgIpc) is 2.40. The first kappa shape index (κ1) is 13.1. The zero-order valence-electron chi connectivity index (χ0n) is 10.6. The molecule has 1 amide bonds. The van der Waals surface area contributed by atoms with Gasteiger partial charge in [-0.25, -0.2) is 0 Å². The van der Waals surface area contributed by atoms with Crippen LogP contribution in [0.25, 0.3) is 0 Å². The molecule has 1 aliphatic rings. The van der Waals surface area contributed by atoms with E-state index in [1.165, 1.54) is 19.3 Å². The van der Waals surface area contributed by atoms with E-state index in [1.54, 1.807) is 6.07 Å².